The Morgan fingerprint density at radius 2 is 2.29 bits per heavy atom. The van der Waals surface area contributed by atoms with Crippen molar-refractivity contribution < 1.29 is 19.4 Å². The highest BCUT2D eigenvalue weighted by atomic mass is 32.1. The molecule has 2 heterocycles. The minimum atomic E-state index is -1.02. The number of aliphatic hydroxyl groups excluding tert-OH is 1. The summed E-state index contributed by atoms with van der Waals surface area (Å²) in [6.45, 7) is 0.259. The van der Waals surface area contributed by atoms with E-state index >= 15 is 0 Å². The Bertz CT molecular complexity index is 766. The first-order valence-electron chi connectivity index (χ1n) is 6.21. The first-order chi connectivity index (χ1) is 10.1. The third-order valence-electron chi connectivity index (χ3n) is 3.01. The number of fused-ring (bicyclic) bond motifs is 1. The maximum atomic E-state index is 10.9. The standard InChI is InChI=1S/C14H12N2O4S/c17-11(9-3-4-21-7-9)6-15-14-16-10-2-1-8(13(18)19)5-12(10)20-14/h1-5,7,11,17H,6H2,(H,15,16)(H,18,19). The van der Waals surface area contributed by atoms with Crippen molar-refractivity contribution in [2.75, 3.05) is 11.9 Å². The number of oxazole rings is 1. The fraction of sp³-hybridized carbons (Fsp3) is 0.143. The van der Waals surface area contributed by atoms with Crippen LogP contribution in [0.15, 0.2) is 39.4 Å². The second-order valence-electron chi connectivity index (χ2n) is 4.46. The molecule has 0 fully saturated rings. The van der Waals surface area contributed by atoms with E-state index in [-0.39, 0.29) is 18.1 Å². The Balaban J connectivity index is 1.74. The van der Waals surface area contributed by atoms with Crippen LogP contribution in [-0.2, 0) is 0 Å². The SMILES string of the molecule is O=C(O)c1ccc2nc(NCC(O)c3ccsc3)oc2c1. The van der Waals surface area contributed by atoms with Gasteiger partial charge in [-0.3, -0.25) is 0 Å². The number of carboxylic acid groups (broad SMARTS) is 1. The van der Waals surface area contributed by atoms with Gasteiger partial charge in [-0.25, -0.2) is 4.79 Å². The number of thiophene rings is 1. The van der Waals surface area contributed by atoms with Crippen LogP contribution in [0, 0.1) is 0 Å². The van der Waals surface area contributed by atoms with Crippen molar-refractivity contribution >= 4 is 34.4 Å². The Morgan fingerprint density at radius 1 is 1.43 bits per heavy atom. The lowest BCUT2D eigenvalue weighted by molar-refractivity contribution is 0.0697. The topological polar surface area (TPSA) is 95.6 Å². The molecular formula is C14H12N2O4S. The summed E-state index contributed by atoms with van der Waals surface area (Å²) in [5, 5.41) is 25.5. The molecule has 6 nitrogen and oxygen atoms in total. The van der Waals surface area contributed by atoms with Crippen LogP contribution in [0.4, 0.5) is 6.01 Å². The molecule has 0 aliphatic carbocycles. The zero-order valence-electron chi connectivity index (χ0n) is 10.8. The molecule has 21 heavy (non-hydrogen) atoms. The summed E-state index contributed by atoms with van der Waals surface area (Å²) < 4.78 is 5.43. The van der Waals surface area contributed by atoms with Gasteiger partial charge in [0.2, 0.25) is 0 Å². The van der Waals surface area contributed by atoms with Crippen LogP contribution in [0.25, 0.3) is 11.1 Å². The molecule has 0 aliphatic heterocycles. The molecule has 2 aromatic heterocycles. The molecule has 0 saturated heterocycles. The highest BCUT2D eigenvalue weighted by Gasteiger charge is 2.12. The predicted molar refractivity (Wildman–Crippen MR) is 78.7 cm³/mol. The number of carboxylic acids is 1. The third-order valence-corrected chi connectivity index (χ3v) is 3.71. The predicted octanol–water partition coefficient (Wildman–Crippen LogP) is 2.73. The summed E-state index contributed by atoms with van der Waals surface area (Å²) in [6.07, 6.45) is -0.652. The summed E-state index contributed by atoms with van der Waals surface area (Å²) in [7, 11) is 0. The van der Waals surface area contributed by atoms with E-state index in [9.17, 15) is 9.90 Å². The number of aromatic nitrogens is 1. The van der Waals surface area contributed by atoms with Gasteiger partial charge >= 0.3 is 5.97 Å². The zero-order chi connectivity index (χ0) is 14.8. The molecule has 0 bridgehead atoms. The molecule has 1 aromatic carbocycles. The number of anilines is 1. The van der Waals surface area contributed by atoms with Gasteiger partial charge in [-0.2, -0.15) is 16.3 Å². The number of benzene rings is 1. The van der Waals surface area contributed by atoms with Gasteiger partial charge in [-0.05, 0) is 40.6 Å². The maximum Gasteiger partial charge on any atom is 0.335 e. The van der Waals surface area contributed by atoms with Gasteiger partial charge in [-0.15, -0.1) is 0 Å². The van der Waals surface area contributed by atoms with E-state index in [4.69, 9.17) is 9.52 Å². The zero-order valence-corrected chi connectivity index (χ0v) is 11.6. The van der Waals surface area contributed by atoms with E-state index in [1.54, 1.807) is 6.07 Å². The van der Waals surface area contributed by atoms with Crippen molar-refractivity contribution in [2.24, 2.45) is 0 Å². The van der Waals surface area contributed by atoms with E-state index in [0.29, 0.717) is 11.1 Å². The largest absolute Gasteiger partial charge is 0.478 e. The summed E-state index contributed by atoms with van der Waals surface area (Å²) >= 11 is 1.52. The average Bonchev–Trinajstić information content (AvgIpc) is 3.12. The monoisotopic (exact) mass is 304 g/mol. The fourth-order valence-corrected chi connectivity index (χ4v) is 2.61. The van der Waals surface area contributed by atoms with Crippen molar-refractivity contribution in [3.63, 3.8) is 0 Å². The Hall–Kier alpha value is -2.38. The maximum absolute atomic E-state index is 10.9. The van der Waals surface area contributed by atoms with Crippen LogP contribution in [0.5, 0.6) is 0 Å². The molecule has 0 spiro atoms. The Labute approximate surface area is 123 Å². The molecule has 1 unspecified atom stereocenters. The van der Waals surface area contributed by atoms with E-state index in [0.717, 1.165) is 5.56 Å². The van der Waals surface area contributed by atoms with E-state index in [2.05, 4.69) is 10.3 Å². The number of hydrogen-bond donors (Lipinski definition) is 3. The first kappa shape index (κ1) is 13.6. The van der Waals surface area contributed by atoms with Gasteiger partial charge in [0.1, 0.15) is 5.52 Å². The number of nitrogens with one attached hydrogen (secondary N) is 1. The molecule has 7 heteroatoms. The number of aliphatic hydroxyl groups is 1. The average molecular weight is 304 g/mol. The highest BCUT2D eigenvalue weighted by molar-refractivity contribution is 7.07. The molecule has 0 amide bonds. The van der Waals surface area contributed by atoms with Crippen molar-refractivity contribution in [1.29, 1.82) is 0 Å². The van der Waals surface area contributed by atoms with Crippen molar-refractivity contribution in [3.8, 4) is 0 Å². The highest BCUT2D eigenvalue weighted by Crippen LogP contribution is 2.22. The molecular weight excluding hydrogens is 292 g/mol. The lowest BCUT2D eigenvalue weighted by Gasteiger charge is -2.08. The molecule has 1 atom stereocenters. The number of aromatic carboxylic acids is 1. The first-order valence-corrected chi connectivity index (χ1v) is 7.15. The van der Waals surface area contributed by atoms with Crippen LogP contribution >= 0.6 is 11.3 Å². The summed E-state index contributed by atoms with van der Waals surface area (Å²) in [4.78, 5) is 15.1. The Morgan fingerprint density at radius 3 is 3.00 bits per heavy atom. The van der Waals surface area contributed by atoms with Crippen LogP contribution < -0.4 is 5.32 Å². The van der Waals surface area contributed by atoms with Gasteiger partial charge < -0.3 is 19.9 Å². The van der Waals surface area contributed by atoms with E-state index in [1.807, 2.05) is 16.8 Å². The van der Waals surface area contributed by atoms with E-state index < -0.39 is 12.1 Å². The quantitative estimate of drug-likeness (QED) is 0.671. The van der Waals surface area contributed by atoms with Crippen molar-refractivity contribution in [3.05, 3.63) is 46.2 Å². The summed E-state index contributed by atoms with van der Waals surface area (Å²) in [6, 6.07) is 6.58. The molecule has 0 radical (unpaired) electrons. The molecule has 0 aliphatic rings. The van der Waals surface area contributed by atoms with Gasteiger partial charge in [-0.1, -0.05) is 0 Å². The Kier molecular flexibility index (Phi) is 3.59. The fourth-order valence-electron chi connectivity index (χ4n) is 1.90. The van der Waals surface area contributed by atoms with Crippen LogP contribution in [0.2, 0.25) is 0 Å². The van der Waals surface area contributed by atoms with Gasteiger partial charge in [0, 0.05) is 6.54 Å². The number of hydrogen-bond acceptors (Lipinski definition) is 6. The van der Waals surface area contributed by atoms with Crippen LogP contribution in [0.1, 0.15) is 22.0 Å². The molecule has 108 valence electrons. The molecule has 3 rings (SSSR count). The lowest BCUT2D eigenvalue weighted by atomic mass is 10.2. The molecule has 3 aromatic rings. The van der Waals surface area contributed by atoms with Crippen LogP contribution in [-0.4, -0.2) is 27.7 Å². The second kappa shape index (κ2) is 5.55. The van der Waals surface area contributed by atoms with Gasteiger partial charge in [0.25, 0.3) is 6.01 Å². The normalized spacial score (nSPS) is 12.4. The third kappa shape index (κ3) is 2.88. The lowest BCUT2D eigenvalue weighted by Crippen LogP contribution is -2.11. The molecule has 0 saturated carbocycles. The minimum absolute atomic E-state index is 0.142. The minimum Gasteiger partial charge on any atom is -0.478 e. The molecule has 3 N–H and O–H groups in total. The van der Waals surface area contributed by atoms with Gasteiger partial charge in [0.05, 0.1) is 11.7 Å². The number of nitrogens with zero attached hydrogens (tertiary/aromatic N) is 1. The van der Waals surface area contributed by atoms with E-state index in [1.165, 1.54) is 23.5 Å². The van der Waals surface area contributed by atoms with Crippen LogP contribution in [0.3, 0.4) is 0 Å². The van der Waals surface area contributed by atoms with Crippen molar-refractivity contribution in [2.45, 2.75) is 6.10 Å². The van der Waals surface area contributed by atoms with Crippen molar-refractivity contribution in [1.82, 2.24) is 4.98 Å². The smallest absolute Gasteiger partial charge is 0.335 e. The van der Waals surface area contributed by atoms with Gasteiger partial charge in [0.15, 0.2) is 5.58 Å². The number of carbonyl (C=O) groups is 1. The summed E-state index contributed by atoms with van der Waals surface area (Å²) in [5.41, 5.74) is 1.93. The number of rotatable bonds is 5. The second-order valence-corrected chi connectivity index (χ2v) is 5.24. The summed E-state index contributed by atoms with van der Waals surface area (Å²) in [5.74, 6) is -1.02.